The Bertz CT molecular complexity index is 1350. The molecule has 8 heteroatoms. The monoisotopic (exact) mass is 515 g/mol. The van der Waals surface area contributed by atoms with Gasteiger partial charge < -0.3 is 5.32 Å². The molecule has 0 bridgehead atoms. The first kappa shape index (κ1) is 21.7. The molecule has 0 unspecified atom stereocenters. The summed E-state index contributed by atoms with van der Waals surface area (Å²) in [5.41, 5.74) is 3.03. The van der Waals surface area contributed by atoms with E-state index in [9.17, 15) is 9.59 Å². The number of anilines is 1. The normalized spacial score (nSPS) is 11.1. The maximum atomic E-state index is 13.3. The van der Waals surface area contributed by atoms with Gasteiger partial charge in [-0.2, -0.15) is 0 Å². The fraction of sp³-hybridized carbons (Fsp3) is 0.174. The molecule has 1 N–H and O–H groups in total. The molecule has 0 saturated carbocycles. The van der Waals surface area contributed by atoms with E-state index in [4.69, 9.17) is 11.6 Å². The molecular formula is C23H19BrClN3O2S. The summed E-state index contributed by atoms with van der Waals surface area (Å²) in [7, 11) is 0. The molecule has 2 heterocycles. The molecule has 0 aliphatic carbocycles. The number of nitrogens with one attached hydrogen (secondary N) is 1. The average molecular weight is 517 g/mol. The summed E-state index contributed by atoms with van der Waals surface area (Å²) in [5.74, 6) is -0.315. The van der Waals surface area contributed by atoms with Gasteiger partial charge in [-0.05, 0) is 48.7 Å². The van der Waals surface area contributed by atoms with Gasteiger partial charge in [0.05, 0.1) is 11.7 Å². The minimum absolute atomic E-state index is 0.134. The minimum Gasteiger partial charge on any atom is -0.324 e. The molecule has 4 rings (SSSR count). The Morgan fingerprint density at radius 3 is 2.68 bits per heavy atom. The minimum atomic E-state index is -0.315. The topological polar surface area (TPSA) is 64.0 Å². The lowest BCUT2D eigenvalue weighted by Crippen LogP contribution is -2.28. The van der Waals surface area contributed by atoms with Crippen LogP contribution in [-0.4, -0.2) is 15.5 Å². The van der Waals surface area contributed by atoms with Crippen LogP contribution in [0.15, 0.2) is 58.1 Å². The van der Waals surface area contributed by atoms with Gasteiger partial charge in [0.25, 0.3) is 5.56 Å². The number of hydrogen-bond acceptors (Lipinski definition) is 4. The Morgan fingerprint density at radius 2 is 1.97 bits per heavy atom. The number of benzene rings is 2. The van der Waals surface area contributed by atoms with Crippen LogP contribution in [0.25, 0.3) is 21.3 Å². The van der Waals surface area contributed by atoms with Crippen LogP contribution in [0.2, 0.25) is 5.02 Å². The van der Waals surface area contributed by atoms with E-state index in [1.54, 1.807) is 18.2 Å². The van der Waals surface area contributed by atoms with E-state index in [0.717, 1.165) is 32.5 Å². The lowest BCUT2D eigenvalue weighted by molar-refractivity contribution is -0.116. The molecule has 0 aliphatic heterocycles. The van der Waals surface area contributed by atoms with Crippen LogP contribution in [0, 0.1) is 6.92 Å². The molecule has 2 aromatic carbocycles. The smallest absolute Gasteiger partial charge is 0.263 e. The second kappa shape index (κ2) is 8.94. The number of carbonyl (C=O) groups is 1. The van der Waals surface area contributed by atoms with Crippen LogP contribution >= 0.6 is 38.9 Å². The third kappa shape index (κ3) is 4.31. The fourth-order valence-electron chi connectivity index (χ4n) is 3.44. The zero-order valence-corrected chi connectivity index (χ0v) is 20.1. The summed E-state index contributed by atoms with van der Waals surface area (Å²) < 4.78 is 2.32. The van der Waals surface area contributed by atoms with Gasteiger partial charge in [-0.1, -0.05) is 52.7 Å². The number of carbonyl (C=O) groups excluding carboxylic acids is 1. The van der Waals surface area contributed by atoms with Crippen molar-refractivity contribution in [3.05, 3.63) is 79.1 Å². The highest BCUT2D eigenvalue weighted by Gasteiger charge is 2.19. The zero-order chi connectivity index (χ0) is 22.1. The Hall–Kier alpha value is -2.48. The highest BCUT2D eigenvalue weighted by Crippen LogP contribution is 2.36. The van der Waals surface area contributed by atoms with Gasteiger partial charge in [0.1, 0.15) is 11.4 Å². The van der Waals surface area contributed by atoms with Crippen LogP contribution in [0.3, 0.4) is 0 Å². The van der Waals surface area contributed by atoms with Crippen molar-refractivity contribution in [2.24, 2.45) is 0 Å². The van der Waals surface area contributed by atoms with E-state index in [0.29, 0.717) is 20.9 Å². The van der Waals surface area contributed by atoms with Crippen molar-refractivity contribution in [2.75, 3.05) is 5.32 Å². The zero-order valence-electron chi connectivity index (χ0n) is 16.9. The SMILES string of the molecule is CCc1sc2ncn(CC(=O)Nc3cccc(Cl)c3C)c(=O)c2c1-c1ccc(Br)cc1. The molecule has 5 nitrogen and oxygen atoms in total. The summed E-state index contributed by atoms with van der Waals surface area (Å²) in [5, 5.41) is 3.96. The predicted molar refractivity (Wildman–Crippen MR) is 131 cm³/mol. The van der Waals surface area contributed by atoms with Gasteiger partial charge >= 0.3 is 0 Å². The Morgan fingerprint density at radius 1 is 1.23 bits per heavy atom. The van der Waals surface area contributed by atoms with E-state index >= 15 is 0 Å². The van der Waals surface area contributed by atoms with Crippen LogP contribution < -0.4 is 10.9 Å². The molecule has 0 saturated heterocycles. The summed E-state index contributed by atoms with van der Waals surface area (Å²) >= 11 is 11.1. The van der Waals surface area contributed by atoms with E-state index in [2.05, 4.69) is 33.2 Å². The van der Waals surface area contributed by atoms with Gasteiger partial charge in [0.2, 0.25) is 5.91 Å². The number of aromatic nitrogens is 2. The maximum Gasteiger partial charge on any atom is 0.263 e. The van der Waals surface area contributed by atoms with Crippen LogP contribution in [-0.2, 0) is 17.8 Å². The van der Waals surface area contributed by atoms with E-state index in [1.807, 2.05) is 31.2 Å². The third-order valence-corrected chi connectivity index (χ3v) is 7.24. The molecular weight excluding hydrogens is 498 g/mol. The number of fused-ring (bicyclic) bond motifs is 1. The first-order valence-corrected chi connectivity index (χ1v) is 11.7. The average Bonchev–Trinajstić information content (AvgIpc) is 3.13. The highest BCUT2D eigenvalue weighted by molar-refractivity contribution is 9.10. The lowest BCUT2D eigenvalue weighted by Gasteiger charge is -2.11. The largest absolute Gasteiger partial charge is 0.324 e. The molecule has 0 spiro atoms. The van der Waals surface area contributed by atoms with Crippen molar-refractivity contribution < 1.29 is 4.79 Å². The molecule has 0 fully saturated rings. The first-order chi connectivity index (χ1) is 14.9. The second-order valence-corrected chi connectivity index (χ2v) is 9.49. The van der Waals surface area contributed by atoms with Crippen molar-refractivity contribution in [2.45, 2.75) is 26.8 Å². The molecule has 1 amide bonds. The second-order valence-electron chi connectivity index (χ2n) is 7.08. The molecule has 0 radical (unpaired) electrons. The fourth-order valence-corrected chi connectivity index (χ4v) is 4.97. The Balaban J connectivity index is 1.73. The third-order valence-electron chi connectivity index (χ3n) is 5.06. The molecule has 31 heavy (non-hydrogen) atoms. The van der Waals surface area contributed by atoms with Crippen molar-refractivity contribution >= 4 is 60.7 Å². The summed E-state index contributed by atoms with van der Waals surface area (Å²) in [6.45, 7) is 3.76. The van der Waals surface area contributed by atoms with Crippen LogP contribution in [0.5, 0.6) is 0 Å². The number of halogens is 2. The Kier molecular flexibility index (Phi) is 6.27. The Labute approximate surface area is 196 Å². The summed E-state index contributed by atoms with van der Waals surface area (Å²) in [6.07, 6.45) is 2.23. The number of rotatable bonds is 5. The molecule has 0 atom stereocenters. The standard InChI is InChI=1S/C23H19BrClN3O2S/c1-3-18-20(14-7-9-15(24)10-8-14)21-22(31-18)26-12-28(23(21)30)11-19(29)27-17-6-4-5-16(25)13(17)2/h4-10,12H,3,11H2,1-2H3,(H,27,29). The van der Waals surface area contributed by atoms with Gasteiger partial charge in [-0.15, -0.1) is 11.3 Å². The summed E-state index contributed by atoms with van der Waals surface area (Å²) in [6, 6.07) is 13.2. The van der Waals surface area contributed by atoms with E-state index in [1.165, 1.54) is 22.2 Å². The first-order valence-electron chi connectivity index (χ1n) is 9.70. The molecule has 4 aromatic rings. The molecule has 0 aliphatic rings. The number of hydrogen-bond donors (Lipinski definition) is 1. The molecule has 2 aromatic heterocycles. The van der Waals surface area contributed by atoms with Crippen molar-refractivity contribution in [1.29, 1.82) is 0 Å². The molecule has 158 valence electrons. The van der Waals surface area contributed by atoms with Gasteiger partial charge in [-0.25, -0.2) is 4.98 Å². The predicted octanol–water partition coefficient (Wildman–Crippen LogP) is 6.05. The maximum absolute atomic E-state index is 13.3. The van der Waals surface area contributed by atoms with Gasteiger partial charge in [0, 0.05) is 25.6 Å². The number of amides is 1. The number of aryl methyl sites for hydroxylation is 1. The lowest BCUT2D eigenvalue weighted by atomic mass is 10.0. The summed E-state index contributed by atoms with van der Waals surface area (Å²) in [4.78, 5) is 32.2. The van der Waals surface area contributed by atoms with E-state index < -0.39 is 0 Å². The van der Waals surface area contributed by atoms with Crippen LogP contribution in [0.4, 0.5) is 5.69 Å². The van der Waals surface area contributed by atoms with Gasteiger partial charge in [0.15, 0.2) is 0 Å². The van der Waals surface area contributed by atoms with Crippen molar-refractivity contribution in [1.82, 2.24) is 9.55 Å². The number of thiophene rings is 1. The van der Waals surface area contributed by atoms with Crippen molar-refractivity contribution in [3.63, 3.8) is 0 Å². The number of nitrogens with zero attached hydrogens (tertiary/aromatic N) is 2. The van der Waals surface area contributed by atoms with E-state index in [-0.39, 0.29) is 18.0 Å². The quantitative estimate of drug-likeness (QED) is 0.351. The van der Waals surface area contributed by atoms with Crippen LogP contribution in [0.1, 0.15) is 17.4 Å². The van der Waals surface area contributed by atoms with Gasteiger partial charge in [-0.3, -0.25) is 14.2 Å². The van der Waals surface area contributed by atoms with Crippen molar-refractivity contribution in [3.8, 4) is 11.1 Å². The highest BCUT2D eigenvalue weighted by atomic mass is 79.9.